The van der Waals surface area contributed by atoms with E-state index in [9.17, 15) is 0 Å². The number of allylic oxidation sites excluding steroid dienone is 1. The largest absolute Gasteiger partial charge is 0.375 e. The maximum atomic E-state index is 5.88. The lowest BCUT2D eigenvalue weighted by molar-refractivity contribution is 0.148. The molecule has 0 radical (unpaired) electrons. The zero-order valence-electron chi connectivity index (χ0n) is 17.6. The number of nitrogen functional groups attached to an aromatic ring is 1. The van der Waals surface area contributed by atoms with Gasteiger partial charge in [0.15, 0.2) is 5.13 Å². The Balaban J connectivity index is 1.38. The van der Waals surface area contributed by atoms with Gasteiger partial charge in [0.05, 0.1) is 11.4 Å². The van der Waals surface area contributed by atoms with Crippen molar-refractivity contribution in [2.45, 2.75) is 19.9 Å². The molecule has 1 saturated heterocycles. The van der Waals surface area contributed by atoms with Gasteiger partial charge in [-0.3, -0.25) is 9.88 Å². The number of aromatic nitrogens is 2. The number of benzene rings is 1. The predicted octanol–water partition coefficient (Wildman–Crippen LogP) is 3.91. The molecule has 1 aliphatic heterocycles. The highest BCUT2D eigenvalue weighted by Crippen LogP contribution is 2.38. The van der Waals surface area contributed by atoms with Crippen LogP contribution in [-0.4, -0.2) is 53.0 Å². The number of pyridine rings is 1. The van der Waals surface area contributed by atoms with E-state index in [-0.39, 0.29) is 0 Å². The summed E-state index contributed by atoms with van der Waals surface area (Å²) in [5.74, 6) is 0. The Hall–Kier alpha value is -2.54. The van der Waals surface area contributed by atoms with Crippen molar-refractivity contribution in [3.05, 3.63) is 70.0 Å². The monoisotopic (exact) mass is 417 g/mol. The van der Waals surface area contributed by atoms with E-state index in [1.807, 2.05) is 11.6 Å². The van der Waals surface area contributed by atoms with Crippen LogP contribution in [0.4, 0.5) is 5.13 Å². The van der Waals surface area contributed by atoms with Crippen LogP contribution in [0.5, 0.6) is 0 Å². The lowest BCUT2D eigenvalue weighted by atomic mass is 9.99. The molecular weight excluding hydrogens is 390 g/mol. The first-order chi connectivity index (χ1) is 14.6. The fraction of sp³-hybridized carbons (Fsp3) is 0.333. The van der Waals surface area contributed by atoms with Gasteiger partial charge in [-0.05, 0) is 31.2 Å². The molecule has 0 bridgehead atoms. The maximum absolute atomic E-state index is 5.88. The average Bonchev–Trinajstić information content (AvgIpc) is 3.31. The number of nitrogens with zero attached hydrogens (tertiary/aromatic N) is 4. The van der Waals surface area contributed by atoms with Gasteiger partial charge in [-0.1, -0.05) is 29.8 Å². The Kier molecular flexibility index (Phi) is 5.15. The molecule has 2 N–H and O–H groups in total. The van der Waals surface area contributed by atoms with Crippen LogP contribution in [0.1, 0.15) is 29.4 Å². The number of thiazole rings is 1. The van der Waals surface area contributed by atoms with Crippen LogP contribution in [0.3, 0.4) is 0 Å². The van der Waals surface area contributed by atoms with Crippen LogP contribution < -0.4 is 5.73 Å². The van der Waals surface area contributed by atoms with Gasteiger partial charge < -0.3 is 10.6 Å². The van der Waals surface area contributed by atoms with Gasteiger partial charge in [0.1, 0.15) is 0 Å². The molecule has 5 rings (SSSR count). The molecule has 0 unspecified atom stereocenters. The first-order valence-corrected chi connectivity index (χ1v) is 11.4. The summed E-state index contributed by atoms with van der Waals surface area (Å²) in [5.41, 5.74) is 15.4. The van der Waals surface area contributed by atoms with Gasteiger partial charge in [0.2, 0.25) is 0 Å². The molecule has 0 amide bonds. The quantitative estimate of drug-likeness (QED) is 0.697. The van der Waals surface area contributed by atoms with Crippen molar-refractivity contribution >= 4 is 22.0 Å². The molecule has 0 atom stereocenters. The highest BCUT2D eigenvalue weighted by Gasteiger charge is 2.24. The zero-order chi connectivity index (χ0) is 20.7. The van der Waals surface area contributed by atoms with Gasteiger partial charge in [-0.25, -0.2) is 4.98 Å². The summed E-state index contributed by atoms with van der Waals surface area (Å²) >= 11 is 1.49. The Morgan fingerprint density at radius 1 is 1.07 bits per heavy atom. The van der Waals surface area contributed by atoms with E-state index in [1.54, 1.807) is 0 Å². The molecule has 30 heavy (non-hydrogen) atoms. The Morgan fingerprint density at radius 2 is 1.83 bits per heavy atom. The van der Waals surface area contributed by atoms with Gasteiger partial charge in [-0.15, -0.1) is 11.3 Å². The van der Waals surface area contributed by atoms with Crippen molar-refractivity contribution in [3.8, 4) is 11.1 Å². The van der Waals surface area contributed by atoms with Crippen LogP contribution in [0.25, 0.3) is 16.7 Å². The molecule has 3 heterocycles. The number of hydrogen-bond donors (Lipinski definition) is 1. The molecule has 2 aliphatic rings. The third-order valence-corrected chi connectivity index (χ3v) is 6.84. The van der Waals surface area contributed by atoms with E-state index in [0.717, 1.165) is 56.1 Å². The molecule has 1 aromatic carbocycles. The lowest BCUT2D eigenvalue weighted by Gasteiger charge is -2.32. The van der Waals surface area contributed by atoms with Gasteiger partial charge >= 0.3 is 0 Å². The first-order valence-electron chi connectivity index (χ1n) is 10.5. The van der Waals surface area contributed by atoms with Crippen molar-refractivity contribution in [1.29, 1.82) is 0 Å². The number of anilines is 1. The SMILES string of the molecule is CC1=C(c2csc(N)n2)c2cc(-c3ccc(CN4CCN(C)CC4)cc3)cnc2C1. The number of nitrogens with two attached hydrogens (primary N) is 1. The Labute approximate surface area is 181 Å². The number of rotatable bonds is 4. The minimum atomic E-state index is 0.610. The molecule has 2 aromatic heterocycles. The summed E-state index contributed by atoms with van der Waals surface area (Å²) in [4.78, 5) is 14.2. The lowest BCUT2D eigenvalue weighted by Crippen LogP contribution is -2.43. The van der Waals surface area contributed by atoms with Crippen LogP contribution in [0, 0.1) is 0 Å². The standard InChI is InChI=1S/C24H27N5S/c1-16-11-21-20(23(16)22-15-30-24(25)27-22)12-19(13-26-21)18-5-3-17(4-6-18)14-29-9-7-28(2)8-10-29/h3-6,12-13,15H,7-11,14H2,1-2H3,(H2,25,27). The molecule has 0 spiro atoms. The average molecular weight is 418 g/mol. The van der Waals surface area contributed by atoms with Crippen LogP contribution in [0.2, 0.25) is 0 Å². The smallest absolute Gasteiger partial charge is 0.180 e. The number of likely N-dealkylation sites (N-methyl/N-ethyl adjacent to an activating group) is 1. The molecule has 1 aliphatic carbocycles. The predicted molar refractivity (Wildman–Crippen MR) is 124 cm³/mol. The Morgan fingerprint density at radius 3 is 2.53 bits per heavy atom. The summed E-state index contributed by atoms with van der Waals surface area (Å²) in [6.07, 6.45) is 2.88. The van der Waals surface area contributed by atoms with Gasteiger partial charge in [0.25, 0.3) is 0 Å². The van der Waals surface area contributed by atoms with Crippen LogP contribution in [-0.2, 0) is 13.0 Å². The summed E-state index contributed by atoms with van der Waals surface area (Å²) in [7, 11) is 2.20. The molecule has 1 fully saturated rings. The van der Waals surface area contributed by atoms with Crippen molar-refractivity contribution in [2.75, 3.05) is 39.0 Å². The van der Waals surface area contributed by atoms with E-state index >= 15 is 0 Å². The molecule has 6 heteroatoms. The Bertz CT molecular complexity index is 1090. The second-order valence-electron chi connectivity index (χ2n) is 8.40. The van der Waals surface area contributed by atoms with Crippen molar-refractivity contribution < 1.29 is 0 Å². The van der Waals surface area contributed by atoms with Crippen LogP contribution >= 0.6 is 11.3 Å². The van der Waals surface area contributed by atoms with Crippen molar-refractivity contribution in [1.82, 2.24) is 19.8 Å². The number of hydrogen-bond acceptors (Lipinski definition) is 6. The van der Waals surface area contributed by atoms with Crippen molar-refractivity contribution in [3.63, 3.8) is 0 Å². The summed E-state index contributed by atoms with van der Waals surface area (Å²) in [5, 5.41) is 2.65. The van der Waals surface area contributed by atoms with Crippen LogP contribution in [0.15, 0.2) is 47.5 Å². The normalized spacial score (nSPS) is 17.5. The molecular formula is C24H27N5S. The fourth-order valence-electron chi connectivity index (χ4n) is 4.40. The van der Waals surface area contributed by atoms with Gasteiger partial charge in [-0.2, -0.15) is 0 Å². The number of piperazine rings is 1. The summed E-state index contributed by atoms with van der Waals surface area (Å²) in [6, 6.07) is 11.2. The molecule has 0 saturated carbocycles. The highest BCUT2D eigenvalue weighted by atomic mass is 32.1. The minimum absolute atomic E-state index is 0.610. The molecule has 5 nitrogen and oxygen atoms in total. The van der Waals surface area contributed by atoms with Gasteiger partial charge in [0, 0.05) is 67.4 Å². The van der Waals surface area contributed by atoms with E-state index < -0.39 is 0 Å². The topological polar surface area (TPSA) is 58.3 Å². The van der Waals surface area contributed by atoms with E-state index in [1.165, 1.54) is 39.2 Å². The first kappa shape index (κ1) is 19.4. The maximum Gasteiger partial charge on any atom is 0.180 e. The van der Waals surface area contributed by atoms with Crippen molar-refractivity contribution in [2.24, 2.45) is 0 Å². The fourth-order valence-corrected chi connectivity index (χ4v) is 4.96. The van der Waals surface area contributed by atoms with E-state index in [4.69, 9.17) is 10.7 Å². The molecule has 3 aromatic rings. The summed E-state index contributed by atoms with van der Waals surface area (Å²) < 4.78 is 0. The summed E-state index contributed by atoms with van der Waals surface area (Å²) in [6.45, 7) is 7.77. The second-order valence-corrected chi connectivity index (χ2v) is 9.29. The minimum Gasteiger partial charge on any atom is -0.375 e. The second kappa shape index (κ2) is 7.95. The van der Waals surface area contributed by atoms with E-state index in [2.05, 4.69) is 59.1 Å². The zero-order valence-corrected chi connectivity index (χ0v) is 18.4. The highest BCUT2D eigenvalue weighted by molar-refractivity contribution is 7.13. The third-order valence-electron chi connectivity index (χ3n) is 6.17. The third kappa shape index (κ3) is 3.78. The number of fused-ring (bicyclic) bond motifs is 1. The molecule has 154 valence electrons. The van der Waals surface area contributed by atoms with E-state index in [0.29, 0.717) is 5.13 Å².